The Balaban J connectivity index is 2.27. The van der Waals surface area contributed by atoms with Crippen LogP contribution in [-0.4, -0.2) is 18.3 Å². The summed E-state index contributed by atoms with van der Waals surface area (Å²) in [6.07, 6.45) is 5.53. The molecule has 2 heteroatoms. The van der Waals surface area contributed by atoms with Gasteiger partial charge in [0, 0.05) is 18.8 Å². The number of anilines is 1. The van der Waals surface area contributed by atoms with Crippen molar-refractivity contribution in [2.75, 3.05) is 18.5 Å². The Morgan fingerprint density at radius 2 is 1.88 bits per heavy atom. The van der Waals surface area contributed by atoms with Crippen molar-refractivity contribution < 1.29 is 5.11 Å². The first kappa shape index (κ1) is 14.0. The van der Waals surface area contributed by atoms with Crippen LogP contribution >= 0.6 is 0 Å². The average Bonchev–Trinajstić information content (AvgIpc) is 2.35. The average molecular weight is 235 g/mol. The van der Waals surface area contributed by atoms with Gasteiger partial charge >= 0.3 is 0 Å². The minimum atomic E-state index is 0.325. The van der Waals surface area contributed by atoms with Crippen molar-refractivity contribution in [2.45, 2.75) is 46.0 Å². The van der Waals surface area contributed by atoms with Crippen LogP contribution in [0.3, 0.4) is 0 Å². The third-order valence-electron chi connectivity index (χ3n) is 3.14. The molecule has 0 saturated carbocycles. The summed E-state index contributed by atoms with van der Waals surface area (Å²) in [5.41, 5.74) is 4.03. The molecule has 1 aromatic rings. The number of aryl methyl sites for hydroxylation is 2. The van der Waals surface area contributed by atoms with E-state index in [1.807, 2.05) is 0 Å². The minimum absolute atomic E-state index is 0.325. The quantitative estimate of drug-likeness (QED) is 0.676. The minimum Gasteiger partial charge on any atom is -0.396 e. The van der Waals surface area contributed by atoms with E-state index in [0.717, 1.165) is 25.8 Å². The molecule has 2 nitrogen and oxygen atoms in total. The Morgan fingerprint density at radius 3 is 2.59 bits per heavy atom. The first-order valence-corrected chi connectivity index (χ1v) is 6.72. The summed E-state index contributed by atoms with van der Waals surface area (Å²) >= 11 is 0. The van der Waals surface area contributed by atoms with Crippen LogP contribution in [0.15, 0.2) is 18.2 Å². The number of aliphatic hydroxyl groups is 1. The van der Waals surface area contributed by atoms with E-state index in [-0.39, 0.29) is 0 Å². The summed E-state index contributed by atoms with van der Waals surface area (Å²) in [6.45, 7) is 5.71. The molecule has 0 spiro atoms. The van der Waals surface area contributed by atoms with Gasteiger partial charge in [-0.05, 0) is 49.4 Å². The molecule has 0 bridgehead atoms. The van der Waals surface area contributed by atoms with Gasteiger partial charge in [-0.3, -0.25) is 0 Å². The molecule has 0 heterocycles. The van der Waals surface area contributed by atoms with Crippen LogP contribution in [0.1, 0.15) is 43.7 Å². The number of nitrogens with one attached hydrogen (secondary N) is 1. The molecule has 0 aromatic heterocycles. The number of rotatable bonds is 8. The van der Waals surface area contributed by atoms with Gasteiger partial charge in [-0.1, -0.05) is 25.8 Å². The van der Waals surface area contributed by atoms with E-state index >= 15 is 0 Å². The SMILES string of the molecule is CCc1cc(NCCCCCCO)ccc1C. The van der Waals surface area contributed by atoms with Crippen molar-refractivity contribution >= 4 is 5.69 Å². The van der Waals surface area contributed by atoms with Crippen molar-refractivity contribution in [1.82, 2.24) is 0 Å². The molecule has 0 fully saturated rings. The molecule has 0 saturated heterocycles. The normalized spacial score (nSPS) is 10.5. The Bertz CT molecular complexity index is 323. The summed E-state index contributed by atoms with van der Waals surface area (Å²) < 4.78 is 0. The number of unbranched alkanes of at least 4 members (excludes halogenated alkanes) is 3. The maximum Gasteiger partial charge on any atom is 0.0431 e. The van der Waals surface area contributed by atoms with Crippen LogP contribution in [0.5, 0.6) is 0 Å². The molecule has 0 atom stereocenters. The lowest BCUT2D eigenvalue weighted by Gasteiger charge is -2.09. The topological polar surface area (TPSA) is 32.3 Å². The van der Waals surface area contributed by atoms with Crippen LogP contribution < -0.4 is 5.32 Å². The fourth-order valence-electron chi connectivity index (χ4n) is 1.99. The van der Waals surface area contributed by atoms with Crippen molar-refractivity contribution in [3.63, 3.8) is 0 Å². The fraction of sp³-hybridized carbons (Fsp3) is 0.600. The molecular weight excluding hydrogens is 210 g/mol. The predicted molar refractivity (Wildman–Crippen MR) is 74.6 cm³/mol. The predicted octanol–water partition coefficient (Wildman–Crippen LogP) is 3.52. The van der Waals surface area contributed by atoms with Gasteiger partial charge in [-0.25, -0.2) is 0 Å². The van der Waals surface area contributed by atoms with Crippen molar-refractivity contribution in [1.29, 1.82) is 0 Å². The van der Waals surface area contributed by atoms with Crippen molar-refractivity contribution in [2.24, 2.45) is 0 Å². The summed E-state index contributed by atoms with van der Waals surface area (Å²) in [6, 6.07) is 6.60. The summed E-state index contributed by atoms with van der Waals surface area (Å²) in [5.74, 6) is 0. The van der Waals surface area contributed by atoms with Gasteiger partial charge in [0.2, 0.25) is 0 Å². The highest BCUT2D eigenvalue weighted by molar-refractivity contribution is 5.48. The molecule has 1 aromatic carbocycles. The molecular formula is C15H25NO. The lowest BCUT2D eigenvalue weighted by atomic mass is 10.1. The smallest absolute Gasteiger partial charge is 0.0431 e. The second-order valence-corrected chi connectivity index (χ2v) is 4.56. The van der Waals surface area contributed by atoms with E-state index in [1.165, 1.54) is 29.7 Å². The zero-order chi connectivity index (χ0) is 12.5. The van der Waals surface area contributed by atoms with Gasteiger partial charge in [0.05, 0.1) is 0 Å². The van der Waals surface area contributed by atoms with E-state index in [1.54, 1.807) is 0 Å². The second-order valence-electron chi connectivity index (χ2n) is 4.56. The Hall–Kier alpha value is -1.02. The highest BCUT2D eigenvalue weighted by atomic mass is 16.2. The first-order valence-electron chi connectivity index (χ1n) is 6.72. The maximum atomic E-state index is 8.67. The zero-order valence-electron chi connectivity index (χ0n) is 11.1. The van der Waals surface area contributed by atoms with E-state index in [0.29, 0.717) is 6.61 Å². The largest absolute Gasteiger partial charge is 0.396 e. The van der Waals surface area contributed by atoms with Crippen LogP contribution in [0.4, 0.5) is 5.69 Å². The molecule has 0 unspecified atom stereocenters. The van der Waals surface area contributed by atoms with Gasteiger partial charge in [-0.2, -0.15) is 0 Å². The number of hydrogen-bond donors (Lipinski definition) is 2. The molecule has 0 aliphatic rings. The van der Waals surface area contributed by atoms with E-state index in [9.17, 15) is 0 Å². The van der Waals surface area contributed by atoms with Crippen LogP contribution in [0.25, 0.3) is 0 Å². The van der Waals surface area contributed by atoms with Crippen molar-refractivity contribution in [3.8, 4) is 0 Å². The summed E-state index contributed by atoms with van der Waals surface area (Å²) in [7, 11) is 0. The Morgan fingerprint density at radius 1 is 1.12 bits per heavy atom. The van der Waals surface area contributed by atoms with E-state index in [4.69, 9.17) is 5.11 Å². The molecule has 0 aliphatic heterocycles. The van der Waals surface area contributed by atoms with Crippen molar-refractivity contribution in [3.05, 3.63) is 29.3 Å². The first-order chi connectivity index (χ1) is 8.27. The van der Waals surface area contributed by atoms with E-state index in [2.05, 4.69) is 37.4 Å². The van der Waals surface area contributed by atoms with Crippen LogP contribution in [0, 0.1) is 6.92 Å². The standard InChI is InChI=1S/C15H25NO/c1-3-14-12-15(9-8-13(14)2)16-10-6-4-5-7-11-17/h8-9,12,16-17H,3-7,10-11H2,1-2H3. The maximum absolute atomic E-state index is 8.67. The number of aliphatic hydroxyl groups excluding tert-OH is 1. The molecule has 17 heavy (non-hydrogen) atoms. The van der Waals surface area contributed by atoms with Gasteiger partial charge in [0.1, 0.15) is 0 Å². The molecule has 96 valence electrons. The Kier molecular flexibility index (Phi) is 6.71. The molecule has 0 aliphatic carbocycles. The van der Waals surface area contributed by atoms with Crippen LogP contribution in [-0.2, 0) is 6.42 Å². The second kappa shape index (κ2) is 8.13. The third kappa shape index (κ3) is 5.22. The fourth-order valence-corrected chi connectivity index (χ4v) is 1.99. The number of hydrogen-bond acceptors (Lipinski definition) is 2. The zero-order valence-corrected chi connectivity index (χ0v) is 11.1. The summed E-state index contributed by atoms with van der Waals surface area (Å²) in [5, 5.41) is 12.1. The molecule has 0 radical (unpaired) electrons. The lowest BCUT2D eigenvalue weighted by Crippen LogP contribution is -2.02. The molecule has 2 N–H and O–H groups in total. The highest BCUT2D eigenvalue weighted by Crippen LogP contribution is 2.15. The highest BCUT2D eigenvalue weighted by Gasteiger charge is 1.98. The van der Waals surface area contributed by atoms with Crippen LogP contribution in [0.2, 0.25) is 0 Å². The van der Waals surface area contributed by atoms with Gasteiger partial charge in [-0.15, -0.1) is 0 Å². The third-order valence-corrected chi connectivity index (χ3v) is 3.14. The van der Waals surface area contributed by atoms with E-state index < -0.39 is 0 Å². The Labute approximate surface area is 105 Å². The number of benzene rings is 1. The monoisotopic (exact) mass is 235 g/mol. The molecule has 1 rings (SSSR count). The molecule has 0 amide bonds. The van der Waals surface area contributed by atoms with Gasteiger partial charge in [0.15, 0.2) is 0 Å². The summed E-state index contributed by atoms with van der Waals surface area (Å²) in [4.78, 5) is 0. The van der Waals surface area contributed by atoms with Gasteiger partial charge < -0.3 is 10.4 Å². The lowest BCUT2D eigenvalue weighted by molar-refractivity contribution is 0.283. The van der Waals surface area contributed by atoms with Gasteiger partial charge in [0.25, 0.3) is 0 Å².